The Balaban J connectivity index is 0.000000751. The fourth-order valence-electron chi connectivity index (χ4n) is 3.96. The van der Waals surface area contributed by atoms with Gasteiger partial charge in [-0.2, -0.15) is 0 Å². The third-order valence-corrected chi connectivity index (χ3v) is 5.47. The first-order chi connectivity index (χ1) is 16.3. The number of halogens is 2. The van der Waals surface area contributed by atoms with Crippen molar-refractivity contribution in [2.45, 2.75) is 51.9 Å². The van der Waals surface area contributed by atoms with Gasteiger partial charge in [0, 0.05) is 36.3 Å². The lowest BCUT2D eigenvalue weighted by atomic mass is 9.87. The van der Waals surface area contributed by atoms with Gasteiger partial charge in [0.15, 0.2) is 0 Å². The van der Waals surface area contributed by atoms with E-state index in [9.17, 15) is 8.78 Å². The molecule has 3 N–H and O–H groups in total. The van der Waals surface area contributed by atoms with Gasteiger partial charge in [-0.1, -0.05) is 38.2 Å². The number of anilines is 2. The van der Waals surface area contributed by atoms with E-state index < -0.39 is 12.6 Å². The van der Waals surface area contributed by atoms with Crippen LogP contribution in [0.4, 0.5) is 25.2 Å². The van der Waals surface area contributed by atoms with Gasteiger partial charge >= 0.3 is 6.16 Å². The molecule has 0 spiro atoms. The Morgan fingerprint density at radius 3 is 2.38 bits per heavy atom. The van der Waals surface area contributed by atoms with Crippen LogP contribution >= 0.6 is 0 Å². The number of carbonyl (C=O) groups is 1. The summed E-state index contributed by atoms with van der Waals surface area (Å²) in [4.78, 5) is 25.6. The number of nitrogens with one attached hydrogen (secondary N) is 1. The van der Waals surface area contributed by atoms with Gasteiger partial charge in [0.2, 0.25) is 5.95 Å². The first kappa shape index (κ1) is 24.9. The van der Waals surface area contributed by atoms with Crippen molar-refractivity contribution < 1.29 is 23.8 Å². The topological polar surface area (TPSA) is 121 Å². The molecule has 4 rings (SSSR count). The number of hydrogen-bond acceptors (Lipinski definition) is 6. The molecule has 2 heterocycles. The Morgan fingerprint density at radius 1 is 1.06 bits per heavy atom. The predicted octanol–water partition coefficient (Wildman–Crippen LogP) is 6.27. The first-order valence-electron chi connectivity index (χ1n) is 11.0. The minimum absolute atomic E-state index is 0.142. The fraction of sp³-hybridized carbons (Fsp3) is 0.375. The highest BCUT2D eigenvalue weighted by Gasteiger charge is 2.15. The Morgan fingerprint density at radius 2 is 1.74 bits per heavy atom. The van der Waals surface area contributed by atoms with Crippen molar-refractivity contribution in [2.75, 3.05) is 5.32 Å². The highest BCUT2D eigenvalue weighted by atomic mass is 19.3. The van der Waals surface area contributed by atoms with Gasteiger partial charge in [-0.3, -0.25) is 0 Å². The van der Waals surface area contributed by atoms with Crippen LogP contribution in [-0.2, 0) is 6.42 Å². The maximum Gasteiger partial charge on any atom is 0.503 e. The summed E-state index contributed by atoms with van der Waals surface area (Å²) in [5.41, 5.74) is 3.31. The van der Waals surface area contributed by atoms with Crippen molar-refractivity contribution in [1.29, 1.82) is 0 Å². The summed E-state index contributed by atoms with van der Waals surface area (Å²) in [6.45, 7) is 1.98. The van der Waals surface area contributed by atoms with Crippen LogP contribution in [0.3, 0.4) is 0 Å². The lowest BCUT2D eigenvalue weighted by Crippen LogP contribution is -2.11. The summed E-state index contributed by atoms with van der Waals surface area (Å²) in [7, 11) is 0. The molecular formula is C24H27F2N5O3. The van der Waals surface area contributed by atoms with E-state index in [1.807, 2.05) is 37.5 Å². The molecule has 8 nitrogen and oxygen atoms in total. The molecule has 0 unspecified atom stereocenters. The van der Waals surface area contributed by atoms with E-state index in [1.54, 1.807) is 0 Å². The van der Waals surface area contributed by atoms with E-state index in [-0.39, 0.29) is 11.6 Å². The molecule has 34 heavy (non-hydrogen) atoms. The van der Waals surface area contributed by atoms with Gasteiger partial charge in [0.25, 0.3) is 6.43 Å². The zero-order valence-corrected chi connectivity index (χ0v) is 18.8. The largest absolute Gasteiger partial charge is 0.503 e. The molecule has 0 radical (unpaired) electrons. The minimum atomic E-state index is -2.63. The van der Waals surface area contributed by atoms with Gasteiger partial charge in [-0.05, 0) is 42.2 Å². The molecule has 0 bridgehead atoms. The van der Waals surface area contributed by atoms with Gasteiger partial charge in [-0.25, -0.2) is 33.5 Å². The minimum Gasteiger partial charge on any atom is -0.450 e. The van der Waals surface area contributed by atoms with Crippen molar-refractivity contribution in [2.24, 2.45) is 5.92 Å². The predicted molar refractivity (Wildman–Crippen MR) is 123 cm³/mol. The molecule has 1 aliphatic rings. The van der Waals surface area contributed by atoms with Gasteiger partial charge in [0.1, 0.15) is 11.5 Å². The summed E-state index contributed by atoms with van der Waals surface area (Å²) in [5, 5.41) is 17.0. The van der Waals surface area contributed by atoms with Crippen LogP contribution in [-0.4, -0.2) is 36.3 Å². The van der Waals surface area contributed by atoms with Crippen LogP contribution in [0.2, 0.25) is 0 Å². The molecule has 1 fully saturated rings. The van der Waals surface area contributed by atoms with Crippen LogP contribution in [0, 0.1) is 12.8 Å². The Labute approximate surface area is 196 Å². The molecule has 2 aromatic heterocycles. The van der Waals surface area contributed by atoms with E-state index in [4.69, 9.17) is 15.0 Å². The molecule has 3 aromatic rings. The van der Waals surface area contributed by atoms with E-state index in [2.05, 4.69) is 25.3 Å². The normalized spacial score (nSPS) is 13.8. The number of aromatic nitrogens is 4. The quantitative estimate of drug-likeness (QED) is 0.385. The SMILES string of the molecule is Cc1cc(Nc2nccc(C(F)F)n2)cc(-c2cnc(CC3CCCCC3)nc2)c1.O=C(O)O. The summed E-state index contributed by atoms with van der Waals surface area (Å²) in [5.74, 6) is 1.74. The summed E-state index contributed by atoms with van der Waals surface area (Å²) >= 11 is 0. The maximum absolute atomic E-state index is 12.9. The lowest BCUT2D eigenvalue weighted by Gasteiger charge is -2.20. The number of alkyl halides is 2. The Hall–Kier alpha value is -3.69. The van der Waals surface area contributed by atoms with Gasteiger partial charge in [-0.15, -0.1) is 0 Å². The van der Waals surface area contributed by atoms with E-state index >= 15 is 0 Å². The van der Waals surface area contributed by atoms with Crippen LogP contribution in [0.15, 0.2) is 42.9 Å². The average Bonchev–Trinajstić information content (AvgIpc) is 2.80. The van der Waals surface area contributed by atoms with E-state index in [0.717, 1.165) is 34.6 Å². The molecular weight excluding hydrogens is 444 g/mol. The molecule has 10 heteroatoms. The van der Waals surface area contributed by atoms with Crippen LogP contribution in [0.25, 0.3) is 11.1 Å². The number of benzene rings is 1. The van der Waals surface area contributed by atoms with Crippen molar-refractivity contribution >= 4 is 17.8 Å². The molecule has 0 amide bonds. The van der Waals surface area contributed by atoms with E-state index in [0.29, 0.717) is 5.92 Å². The second kappa shape index (κ2) is 12.0. The summed E-state index contributed by atoms with van der Waals surface area (Å²) in [6.07, 6.45) is 8.03. The Kier molecular flexibility index (Phi) is 8.78. The number of aryl methyl sites for hydroxylation is 1. The van der Waals surface area contributed by atoms with Crippen molar-refractivity contribution in [3.8, 4) is 11.1 Å². The highest BCUT2D eigenvalue weighted by molar-refractivity contribution is 5.70. The monoisotopic (exact) mass is 471 g/mol. The second-order valence-electron chi connectivity index (χ2n) is 8.20. The van der Waals surface area contributed by atoms with Crippen molar-refractivity contribution in [1.82, 2.24) is 19.9 Å². The highest BCUT2D eigenvalue weighted by Crippen LogP contribution is 2.28. The van der Waals surface area contributed by atoms with Crippen LogP contribution in [0.1, 0.15) is 55.6 Å². The van der Waals surface area contributed by atoms with Crippen LogP contribution in [0.5, 0.6) is 0 Å². The maximum atomic E-state index is 12.9. The molecule has 0 atom stereocenters. The molecule has 1 saturated carbocycles. The molecule has 0 aliphatic heterocycles. The van der Waals surface area contributed by atoms with Crippen molar-refractivity contribution in [3.05, 3.63) is 59.9 Å². The third kappa shape index (κ3) is 7.72. The molecule has 180 valence electrons. The lowest BCUT2D eigenvalue weighted by molar-refractivity contribution is 0.136. The molecule has 1 aliphatic carbocycles. The molecule has 1 aromatic carbocycles. The van der Waals surface area contributed by atoms with Gasteiger partial charge < -0.3 is 15.5 Å². The average molecular weight is 472 g/mol. The standard InChI is InChI=1S/C23H25F2N5.CH2O3/c1-15-9-17(12-19(10-15)29-23-26-8-7-20(30-23)22(24)25)18-13-27-21(28-14-18)11-16-5-3-2-4-6-16;2-1(3)4/h7-10,12-14,16,22H,2-6,11H2,1H3,(H,26,29,30);(H2,2,3,4). The summed E-state index contributed by atoms with van der Waals surface area (Å²) < 4.78 is 25.8. The zero-order chi connectivity index (χ0) is 24.5. The number of rotatable bonds is 6. The zero-order valence-electron chi connectivity index (χ0n) is 18.8. The Bertz CT molecular complexity index is 1090. The number of carboxylic acid groups (broad SMARTS) is 2. The number of nitrogens with zero attached hydrogens (tertiary/aromatic N) is 4. The van der Waals surface area contributed by atoms with Crippen LogP contribution < -0.4 is 5.32 Å². The smallest absolute Gasteiger partial charge is 0.450 e. The fourth-order valence-corrected chi connectivity index (χ4v) is 3.96. The summed E-state index contributed by atoms with van der Waals surface area (Å²) in [6, 6.07) is 7.09. The second-order valence-corrected chi connectivity index (χ2v) is 8.20. The first-order valence-corrected chi connectivity index (χ1v) is 11.0. The third-order valence-electron chi connectivity index (χ3n) is 5.47. The van der Waals surface area contributed by atoms with E-state index in [1.165, 1.54) is 44.4 Å². The number of hydrogen-bond donors (Lipinski definition) is 3. The van der Waals surface area contributed by atoms with Gasteiger partial charge in [0.05, 0.1) is 0 Å². The molecule has 0 saturated heterocycles. The van der Waals surface area contributed by atoms with Crippen molar-refractivity contribution in [3.63, 3.8) is 0 Å².